The number of aryl methyl sites for hydroxylation is 1. The molecule has 1 unspecified atom stereocenters. The summed E-state index contributed by atoms with van der Waals surface area (Å²) in [5.41, 5.74) is 7.39. The van der Waals surface area contributed by atoms with Gasteiger partial charge in [-0.1, -0.05) is 29.8 Å². The molecule has 2 N–H and O–H groups in total. The molecule has 0 aliphatic carbocycles. The molecule has 0 fully saturated rings. The minimum Gasteiger partial charge on any atom is -0.321 e. The van der Waals surface area contributed by atoms with E-state index in [1.54, 1.807) is 6.92 Å². The fraction of sp³-hybridized carbons (Fsp3) is 0.250. The van der Waals surface area contributed by atoms with Crippen LogP contribution < -0.4 is 5.73 Å². The minimum absolute atomic E-state index is 0.00458. The Morgan fingerprint density at radius 1 is 1.10 bits per heavy atom. The van der Waals surface area contributed by atoms with Crippen LogP contribution in [-0.2, 0) is 12.0 Å². The largest absolute Gasteiger partial charge is 0.321 e. The second-order valence-corrected chi connectivity index (χ2v) is 6.14. The van der Waals surface area contributed by atoms with Crippen LogP contribution in [0.25, 0.3) is 0 Å². The molecule has 0 radical (unpaired) electrons. The highest BCUT2D eigenvalue weighted by Gasteiger charge is 2.26. The van der Waals surface area contributed by atoms with Crippen LogP contribution in [0.3, 0.4) is 0 Å². The van der Waals surface area contributed by atoms with Crippen molar-refractivity contribution in [2.24, 2.45) is 5.73 Å². The normalized spacial score (nSPS) is 14.1. The van der Waals surface area contributed by atoms with Gasteiger partial charge < -0.3 is 5.73 Å². The van der Waals surface area contributed by atoms with Crippen LogP contribution in [0.1, 0.15) is 23.6 Å². The zero-order chi connectivity index (χ0) is 14.9. The number of benzene rings is 2. The summed E-state index contributed by atoms with van der Waals surface area (Å²) in [5.74, 6) is -1.16. The second-order valence-electron chi connectivity index (χ2n) is 5.28. The molecule has 0 aliphatic rings. The van der Waals surface area contributed by atoms with Gasteiger partial charge in [0.05, 0.1) is 4.47 Å². The molecule has 0 saturated carbocycles. The Balaban J connectivity index is 2.38. The number of halogens is 3. The van der Waals surface area contributed by atoms with E-state index >= 15 is 0 Å². The first-order valence-electron chi connectivity index (χ1n) is 6.29. The van der Waals surface area contributed by atoms with Gasteiger partial charge in [-0.25, -0.2) is 8.78 Å². The molecule has 0 saturated heterocycles. The van der Waals surface area contributed by atoms with Crippen molar-refractivity contribution >= 4 is 15.9 Å². The maximum absolute atomic E-state index is 14.0. The highest BCUT2D eigenvalue weighted by atomic mass is 79.9. The fourth-order valence-electron chi connectivity index (χ4n) is 2.13. The van der Waals surface area contributed by atoms with Gasteiger partial charge >= 0.3 is 0 Å². The van der Waals surface area contributed by atoms with Gasteiger partial charge in [0, 0.05) is 17.5 Å². The van der Waals surface area contributed by atoms with Crippen LogP contribution >= 0.6 is 15.9 Å². The van der Waals surface area contributed by atoms with E-state index in [0.29, 0.717) is 0 Å². The van der Waals surface area contributed by atoms with Crippen molar-refractivity contribution in [3.05, 3.63) is 69.2 Å². The van der Waals surface area contributed by atoms with Crippen LogP contribution in [-0.4, -0.2) is 0 Å². The van der Waals surface area contributed by atoms with E-state index in [0.717, 1.165) is 11.1 Å². The molecule has 106 valence electrons. The lowest BCUT2D eigenvalue weighted by Gasteiger charge is -2.26. The third-order valence-electron chi connectivity index (χ3n) is 3.39. The van der Waals surface area contributed by atoms with Gasteiger partial charge in [0.15, 0.2) is 0 Å². The lowest BCUT2D eigenvalue weighted by Crippen LogP contribution is -2.36. The predicted octanol–water partition coefficient (Wildman–Crippen LogP) is 4.45. The van der Waals surface area contributed by atoms with Crippen molar-refractivity contribution in [1.29, 1.82) is 0 Å². The maximum atomic E-state index is 14.0. The van der Waals surface area contributed by atoms with Crippen LogP contribution in [0.5, 0.6) is 0 Å². The van der Waals surface area contributed by atoms with Crippen molar-refractivity contribution in [2.45, 2.75) is 25.8 Å². The molecule has 1 nitrogen and oxygen atoms in total. The Labute approximate surface area is 125 Å². The van der Waals surface area contributed by atoms with Crippen molar-refractivity contribution in [3.8, 4) is 0 Å². The first kappa shape index (κ1) is 15.1. The molecule has 4 heteroatoms. The molecule has 2 aromatic rings. The van der Waals surface area contributed by atoms with E-state index in [1.807, 2.05) is 31.2 Å². The molecule has 0 spiro atoms. The Morgan fingerprint density at radius 2 is 1.70 bits per heavy atom. The lowest BCUT2D eigenvalue weighted by atomic mass is 9.86. The molecule has 0 heterocycles. The van der Waals surface area contributed by atoms with E-state index in [9.17, 15) is 8.78 Å². The Hall–Kier alpha value is -1.26. The number of hydrogen-bond acceptors (Lipinski definition) is 1. The van der Waals surface area contributed by atoms with Gasteiger partial charge in [-0.3, -0.25) is 0 Å². The summed E-state index contributed by atoms with van der Waals surface area (Å²) >= 11 is 3.07. The molecule has 0 aromatic heterocycles. The van der Waals surface area contributed by atoms with Crippen LogP contribution in [0.2, 0.25) is 0 Å². The molecular formula is C16H16BrF2N. The maximum Gasteiger partial charge on any atom is 0.143 e. The van der Waals surface area contributed by atoms with Gasteiger partial charge in [-0.15, -0.1) is 0 Å². The third-order valence-corrected chi connectivity index (χ3v) is 4.01. The molecule has 2 aromatic carbocycles. The Bertz CT molecular complexity index is 621. The van der Waals surface area contributed by atoms with Crippen molar-refractivity contribution in [1.82, 2.24) is 0 Å². The smallest absolute Gasteiger partial charge is 0.143 e. The van der Waals surface area contributed by atoms with Crippen LogP contribution in [0.15, 0.2) is 40.9 Å². The Kier molecular flexibility index (Phi) is 4.25. The molecule has 2 rings (SSSR count). The van der Waals surface area contributed by atoms with Crippen molar-refractivity contribution in [3.63, 3.8) is 0 Å². The second kappa shape index (κ2) is 5.62. The zero-order valence-electron chi connectivity index (χ0n) is 11.4. The summed E-state index contributed by atoms with van der Waals surface area (Å²) in [4.78, 5) is 0. The van der Waals surface area contributed by atoms with Gasteiger partial charge in [-0.2, -0.15) is 0 Å². The van der Waals surface area contributed by atoms with Gasteiger partial charge in [0.1, 0.15) is 11.6 Å². The topological polar surface area (TPSA) is 26.0 Å². The summed E-state index contributed by atoms with van der Waals surface area (Å²) in [6.45, 7) is 3.75. The van der Waals surface area contributed by atoms with E-state index in [-0.39, 0.29) is 16.5 Å². The van der Waals surface area contributed by atoms with E-state index in [1.165, 1.54) is 12.1 Å². The first-order chi connectivity index (χ1) is 9.31. The molecule has 1 atom stereocenters. The summed E-state index contributed by atoms with van der Waals surface area (Å²) in [7, 11) is 0. The average Bonchev–Trinajstić information content (AvgIpc) is 2.40. The predicted molar refractivity (Wildman–Crippen MR) is 80.5 cm³/mol. The Morgan fingerprint density at radius 3 is 2.30 bits per heavy atom. The summed E-state index contributed by atoms with van der Waals surface area (Å²) < 4.78 is 28.1. The third kappa shape index (κ3) is 3.07. The molecule has 0 amide bonds. The van der Waals surface area contributed by atoms with Gasteiger partial charge in [-0.05, 0) is 47.5 Å². The molecule has 0 aliphatic heterocycles. The van der Waals surface area contributed by atoms with Crippen molar-refractivity contribution < 1.29 is 8.78 Å². The molecule has 0 bridgehead atoms. The van der Waals surface area contributed by atoms with Gasteiger partial charge in [0.2, 0.25) is 0 Å². The zero-order valence-corrected chi connectivity index (χ0v) is 13.0. The minimum atomic E-state index is -0.837. The number of rotatable bonds is 3. The fourth-order valence-corrected chi connectivity index (χ4v) is 2.51. The van der Waals surface area contributed by atoms with Crippen LogP contribution in [0.4, 0.5) is 8.78 Å². The van der Waals surface area contributed by atoms with E-state index in [2.05, 4.69) is 15.9 Å². The SMILES string of the molecule is Cc1ccc(C(C)(N)Cc2c(F)ccc(Br)c2F)cc1. The first-order valence-corrected chi connectivity index (χ1v) is 7.09. The highest BCUT2D eigenvalue weighted by Crippen LogP contribution is 2.28. The summed E-state index contributed by atoms with van der Waals surface area (Å²) in [6, 6.07) is 10.3. The van der Waals surface area contributed by atoms with E-state index < -0.39 is 17.2 Å². The average molecular weight is 340 g/mol. The summed E-state index contributed by atoms with van der Waals surface area (Å²) in [5, 5.41) is 0. The number of nitrogens with two attached hydrogens (primary N) is 1. The number of hydrogen-bond donors (Lipinski definition) is 1. The van der Waals surface area contributed by atoms with Crippen LogP contribution in [0, 0.1) is 18.6 Å². The lowest BCUT2D eigenvalue weighted by molar-refractivity contribution is 0.454. The van der Waals surface area contributed by atoms with Gasteiger partial charge in [0.25, 0.3) is 0 Å². The highest BCUT2D eigenvalue weighted by molar-refractivity contribution is 9.10. The summed E-state index contributed by atoms with van der Waals surface area (Å²) in [6.07, 6.45) is 0.0904. The van der Waals surface area contributed by atoms with Crippen molar-refractivity contribution in [2.75, 3.05) is 0 Å². The quantitative estimate of drug-likeness (QED) is 0.821. The molecule has 20 heavy (non-hydrogen) atoms. The standard InChI is InChI=1S/C16H16BrF2N/c1-10-3-5-11(6-4-10)16(2,20)9-12-14(18)8-7-13(17)15(12)19/h3-8H,9,20H2,1-2H3. The molecular weight excluding hydrogens is 324 g/mol. The monoisotopic (exact) mass is 339 g/mol. The van der Waals surface area contributed by atoms with E-state index in [4.69, 9.17) is 5.73 Å².